The lowest BCUT2D eigenvalue weighted by Gasteiger charge is -2.20. The minimum absolute atomic E-state index is 0.262. The van der Waals surface area contributed by atoms with Crippen molar-refractivity contribution in [3.8, 4) is 0 Å². The van der Waals surface area contributed by atoms with Gasteiger partial charge in [-0.2, -0.15) is 0 Å². The summed E-state index contributed by atoms with van der Waals surface area (Å²) < 4.78 is 4.81. The molecule has 1 N–H and O–H groups in total. The standard InChI is InChI=1S/C16H23NO2/c1-12(2)16(8-9-16)11-17-10-13-6-4-5-7-14(13)15(18)19-3/h4-7,12,17H,8-11H2,1-3H3. The van der Waals surface area contributed by atoms with E-state index in [1.807, 2.05) is 24.3 Å². The molecule has 0 unspecified atom stereocenters. The van der Waals surface area contributed by atoms with Crippen LogP contribution in [0.2, 0.25) is 0 Å². The van der Waals surface area contributed by atoms with Crippen LogP contribution in [0, 0.1) is 11.3 Å². The van der Waals surface area contributed by atoms with Gasteiger partial charge in [0.25, 0.3) is 0 Å². The summed E-state index contributed by atoms with van der Waals surface area (Å²) in [6, 6.07) is 7.62. The molecule has 1 aromatic rings. The van der Waals surface area contributed by atoms with Gasteiger partial charge in [0.15, 0.2) is 0 Å². The first-order valence-electron chi connectivity index (χ1n) is 6.96. The van der Waals surface area contributed by atoms with Gasteiger partial charge in [0.05, 0.1) is 12.7 Å². The number of hydrogen-bond acceptors (Lipinski definition) is 3. The van der Waals surface area contributed by atoms with Crippen LogP contribution in [0.25, 0.3) is 0 Å². The highest BCUT2D eigenvalue weighted by atomic mass is 16.5. The van der Waals surface area contributed by atoms with Crippen LogP contribution in [-0.2, 0) is 11.3 Å². The van der Waals surface area contributed by atoms with Crippen LogP contribution >= 0.6 is 0 Å². The van der Waals surface area contributed by atoms with E-state index < -0.39 is 0 Å². The molecule has 1 saturated carbocycles. The fourth-order valence-corrected chi connectivity index (χ4v) is 2.55. The number of methoxy groups -OCH3 is 1. The molecule has 0 bridgehead atoms. The average Bonchev–Trinajstić information content (AvgIpc) is 3.20. The van der Waals surface area contributed by atoms with Crippen molar-refractivity contribution in [2.24, 2.45) is 11.3 Å². The molecule has 2 rings (SSSR count). The summed E-state index contributed by atoms with van der Waals surface area (Å²) in [5.74, 6) is 0.457. The van der Waals surface area contributed by atoms with Gasteiger partial charge >= 0.3 is 5.97 Å². The van der Waals surface area contributed by atoms with Crippen LogP contribution in [0.5, 0.6) is 0 Å². The molecule has 0 aliphatic heterocycles. The van der Waals surface area contributed by atoms with Crippen LogP contribution in [0.3, 0.4) is 0 Å². The van der Waals surface area contributed by atoms with E-state index in [1.54, 1.807) is 0 Å². The first-order valence-corrected chi connectivity index (χ1v) is 6.96. The zero-order valence-corrected chi connectivity index (χ0v) is 12.0. The van der Waals surface area contributed by atoms with Crippen molar-refractivity contribution in [3.05, 3.63) is 35.4 Å². The van der Waals surface area contributed by atoms with Gasteiger partial charge in [0, 0.05) is 13.1 Å². The summed E-state index contributed by atoms with van der Waals surface area (Å²) in [7, 11) is 1.42. The third-order valence-corrected chi connectivity index (χ3v) is 4.33. The number of rotatable bonds is 6. The Balaban J connectivity index is 1.95. The highest BCUT2D eigenvalue weighted by Gasteiger charge is 2.44. The number of nitrogens with one attached hydrogen (secondary N) is 1. The lowest BCUT2D eigenvalue weighted by atomic mass is 9.92. The monoisotopic (exact) mass is 261 g/mol. The summed E-state index contributed by atoms with van der Waals surface area (Å²) >= 11 is 0. The SMILES string of the molecule is COC(=O)c1ccccc1CNCC1(C(C)C)CC1. The zero-order chi connectivity index (χ0) is 13.9. The van der Waals surface area contributed by atoms with Crippen molar-refractivity contribution in [3.63, 3.8) is 0 Å². The average molecular weight is 261 g/mol. The Labute approximate surface area is 115 Å². The lowest BCUT2D eigenvalue weighted by Crippen LogP contribution is -2.27. The maximum atomic E-state index is 11.7. The first-order chi connectivity index (χ1) is 9.09. The van der Waals surface area contributed by atoms with Gasteiger partial charge in [-0.1, -0.05) is 32.0 Å². The Hall–Kier alpha value is -1.35. The van der Waals surface area contributed by atoms with E-state index in [4.69, 9.17) is 4.74 Å². The van der Waals surface area contributed by atoms with Crippen molar-refractivity contribution in [2.45, 2.75) is 33.2 Å². The molecular formula is C16H23NO2. The number of hydrogen-bond donors (Lipinski definition) is 1. The molecule has 0 radical (unpaired) electrons. The molecule has 3 heteroatoms. The highest BCUT2D eigenvalue weighted by molar-refractivity contribution is 5.90. The Bertz CT molecular complexity index is 450. The van der Waals surface area contributed by atoms with E-state index >= 15 is 0 Å². The Morgan fingerprint density at radius 3 is 2.63 bits per heavy atom. The quantitative estimate of drug-likeness (QED) is 0.800. The Morgan fingerprint density at radius 2 is 2.05 bits per heavy atom. The zero-order valence-electron chi connectivity index (χ0n) is 12.0. The number of esters is 1. The van der Waals surface area contributed by atoms with E-state index in [2.05, 4.69) is 19.2 Å². The fraction of sp³-hybridized carbons (Fsp3) is 0.562. The van der Waals surface area contributed by atoms with E-state index in [1.165, 1.54) is 20.0 Å². The third-order valence-electron chi connectivity index (χ3n) is 4.33. The van der Waals surface area contributed by atoms with Gasteiger partial charge in [-0.3, -0.25) is 0 Å². The predicted molar refractivity (Wildman–Crippen MR) is 76.0 cm³/mol. The van der Waals surface area contributed by atoms with Crippen LogP contribution < -0.4 is 5.32 Å². The summed E-state index contributed by atoms with van der Waals surface area (Å²) in [6.45, 7) is 6.33. The smallest absolute Gasteiger partial charge is 0.338 e. The molecule has 1 aromatic carbocycles. The van der Waals surface area contributed by atoms with E-state index in [9.17, 15) is 4.79 Å². The van der Waals surface area contributed by atoms with Crippen molar-refractivity contribution < 1.29 is 9.53 Å². The van der Waals surface area contributed by atoms with Crippen molar-refractivity contribution in [1.82, 2.24) is 5.32 Å². The van der Waals surface area contributed by atoms with Crippen molar-refractivity contribution in [1.29, 1.82) is 0 Å². The molecule has 0 aromatic heterocycles. The highest BCUT2D eigenvalue weighted by Crippen LogP contribution is 2.51. The number of benzene rings is 1. The molecule has 3 nitrogen and oxygen atoms in total. The summed E-state index contributed by atoms with van der Waals surface area (Å²) in [6.07, 6.45) is 2.63. The normalized spacial score (nSPS) is 16.4. The van der Waals surface area contributed by atoms with Crippen LogP contribution in [0.15, 0.2) is 24.3 Å². The number of carbonyl (C=O) groups excluding carboxylic acids is 1. The third kappa shape index (κ3) is 3.16. The second-order valence-corrected chi connectivity index (χ2v) is 5.77. The second-order valence-electron chi connectivity index (χ2n) is 5.77. The van der Waals surface area contributed by atoms with Gasteiger partial charge in [0.1, 0.15) is 0 Å². The molecule has 1 fully saturated rings. The minimum atomic E-state index is -0.262. The van der Waals surface area contributed by atoms with E-state index in [0.717, 1.165) is 24.6 Å². The van der Waals surface area contributed by atoms with Crippen LogP contribution in [-0.4, -0.2) is 19.6 Å². The van der Waals surface area contributed by atoms with Crippen molar-refractivity contribution >= 4 is 5.97 Å². The van der Waals surface area contributed by atoms with Gasteiger partial charge in [-0.05, 0) is 35.8 Å². The fourth-order valence-electron chi connectivity index (χ4n) is 2.55. The summed E-state index contributed by atoms with van der Waals surface area (Å²) in [4.78, 5) is 11.7. The molecule has 104 valence electrons. The molecule has 1 aliphatic rings. The maximum Gasteiger partial charge on any atom is 0.338 e. The van der Waals surface area contributed by atoms with E-state index in [0.29, 0.717) is 11.0 Å². The molecule has 0 atom stereocenters. The Kier molecular flexibility index (Phi) is 4.25. The molecular weight excluding hydrogens is 238 g/mol. The summed E-state index contributed by atoms with van der Waals surface area (Å²) in [5, 5.41) is 3.50. The second kappa shape index (κ2) is 5.74. The van der Waals surface area contributed by atoms with Gasteiger partial charge in [0.2, 0.25) is 0 Å². The topological polar surface area (TPSA) is 38.3 Å². The molecule has 19 heavy (non-hydrogen) atoms. The predicted octanol–water partition coefficient (Wildman–Crippen LogP) is 3.00. The van der Waals surface area contributed by atoms with Gasteiger partial charge in [-0.25, -0.2) is 4.79 Å². The Morgan fingerprint density at radius 1 is 1.37 bits per heavy atom. The lowest BCUT2D eigenvalue weighted by molar-refractivity contribution is 0.0599. The largest absolute Gasteiger partial charge is 0.465 e. The molecule has 0 saturated heterocycles. The molecule has 0 amide bonds. The van der Waals surface area contributed by atoms with E-state index in [-0.39, 0.29) is 5.97 Å². The van der Waals surface area contributed by atoms with Gasteiger partial charge < -0.3 is 10.1 Å². The van der Waals surface area contributed by atoms with Crippen molar-refractivity contribution in [2.75, 3.05) is 13.7 Å². The van der Waals surface area contributed by atoms with Gasteiger partial charge in [-0.15, -0.1) is 0 Å². The van der Waals surface area contributed by atoms with Crippen LogP contribution in [0.1, 0.15) is 42.6 Å². The maximum absolute atomic E-state index is 11.7. The minimum Gasteiger partial charge on any atom is -0.465 e. The first kappa shape index (κ1) is 14.1. The molecule has 1 aliphatic carbocycles. The number of ether oxygens (including phenoxy) is 1. The number of carbonyl (C=O) groups is 1. The molecule has 0 spiro atoms. The molecule has 0 heterocycles. The van der Waals surface area contributed by atoms with Crippen LogP contribution in [0.4, 0.5) is 0 Å². The summed E-state index contributed by atoms with van der Waals surface area (Å²) in [5.41, 5.74) is 2.15.